The summed E-state index contributed by atoms with van der Waals surface area (Å²) in [6.45, 7) is 1.80. The third-order valence-corrected chi connectivity index (χ3v) is 2.49. The van der Waals surface area contributed by atoms with Crippen LogP contribution in [0.25, 0.3) is 5.69 Å². The Morgan fingerprint density at radius 2 is 2.19 bits per heavy atom. The fourth-order valence-electron chi connectivity index (χ4n) is 1.34. The van der Waals surface area contributed by atoms with E-state index in [-0.39, 0.29) is 5.56 Å². The molecule has 1 heterocycles. The van der Waals surface area contributed by atoms with E-state index in [0.717, 1.165) is 5.56 Å². The molecule has 0 saturated carbocycles. The van der Waals surface area contributed by atoms with E-state index in [1.165, 1.54) is 16.8 Å². The highest BCUT2D eigenvalue weighted by Gasteiger charge is 2.06. The summed E-state index contributed by atoms with van der Waals surface area (Å²) in [5.74, 6) is -0.474. The molecule has 0 spiro atoms. The van der Waals surface area contributed by atoms with Crippen LogP contribution in [0, 0.1) is 24.1 Å². The molecule has 0 N–H and O–H groups in total. The number of aromatic nitrogens is 2. The first-order chi connectivity index (χ1) is 7.60. The lowest BCUT2D eigenvalue weighted by Crippen LogP contribution is -1.96. The van der Waals surface area contributed by atoms with Crippen LogP contribution in [-0.2, 0) is 0 Å². The second-order valence-electron chi connectivity index (χ2n) is 3.36. The van der Waals surface area contributed by atoms with Crippen LogP contribution in [0.1, 0.15) is 11.1 Å². The van der Waals surface area contributed by atoms with Crippen LogP contribution >= 0.6 is 11.6 Å². The van der Waals surface area contributed by atoms with E-state index >= 15 is 0 Å². The van der Waals surface area contributed by atoms with Gasteiger partial charge in [0.05, 0.1) is 17.3 Å². The topological polar surface area (TPSA) is 41.6 Å². The summed E-state index contributed by atoms with van der Waals surface area (Å²) in [5.41, 5.74) is 1.52. The zero-order chi connectivity index (χ0) is 11.7. The van der Waals surface area contributed by atoms with E-state index in [1.807, 2.05) is 6.07 Å². The van der Waals surface area contributed by atoms with Crippen molar-refractivity contribution in [1.82, 2.24) is 9.78 Å². The summed E-state index contributed by atoms with van der Waals surface area (Å²) in [7, 11) is 0. The maximum atomic E-state index is 13.2. The Kier molecular flexibility index (Phi) is 2.63. The lowest BCUT2D eigenvalue weighted by molar-refractivity contribution is 0.625. The minimum Gasteiger partial charge on any atom is -0.239 e. The van der Waals surface area contributed by atoms with Crippen molar-refractivity contribution in [2.45, 2.75) is 6.92 Å². The Morgan fingerprint density at radius 3 is 2.75 bits per heavy atom. The molecule has 2 aromatic rings. The Morgan fingerprint density at radius 1 is 1.44 bits per heavy atom. The molecule has 5 heteroatoms. The molecule has 0 aliphatic heterocycles. The molecule has 0 bridgehead atoms. The summed E-state index contributed by atoms with van der Waals surface area (Å²) in [6, 6.07) is 5.90. The summed E-state index contributed by atoms with van der Waals surface area (Å²) >= 11 is 5.80. The van der Waals surface area contributed by atoms with E-state index < -0.39 is 5.82 Å². The van der Waals surface area contributed by atoms with Crippen LogP contribution in [0.2, 0.25) is 5.15 Å². The number of hydrogen-bond acceptors (Lipinski definition) is 2. The van der Waals surface area contributed by atoms with Crippen molar-refractivity contribution in [3.63, 3.8) is 0 Å². The molecule has 0 unspecified atom stereocenters. The standard InChI is InChI=1S/C11H7ClFN3/c1-7-6-16(15-11(7)12)10-3-8(5-14)2-9(13)4-10/h2-4,6H,1H3. The monoisotopic (exact) mass is 235 g/mol. The van der Waals surface area contributed by atoms with E-state index in [0.29, 0.717) is 10.8 Å². The Labute approximate surface area is 96.7 Å². The molecule has 0 radical (unpaired) electrons. The largest absolute Gasteiger partial charge is 0.239 e. The third-order valence-electron chi connectivity index (χ3n) is 2.11. The van der Waals surface area contributed by atoms with Crippen LogP contribution in [0.15, 0.2) is 24.4 Å². The number of hydrogen-bond donors (Lipinski definition) is 0. The summed E-state index contributed by atoms with van der Waals surface area (Å²) in [4.78, 5) is 0. The maximum Gasteiger partial charge on any atom is 0.154 e. The van der Waals surface area contributed by atoms with Gasteiger partial charge in [-0.05, 0) is 25.1 Å². The third kappa shape index (κ3) is 1.90. The quantitative estimate of drug-likeness (QED) is 0.763. The highest BCUT2D eigenvalue weighted by atomic mass is 35.5. The van der Waals surface area contributed by atoms with Crippen molar-refractivity contribution in [3.8, 4) is 11.8 Å². The Balaban J connectivity index is 2.56. The molecule has 1 aromatic heterocycles. The minimum absolute atomic E-state index is 0.249. The summed E-state index contributed by atoms with van der Waals surface area (Å²) in [6.07, 6.45) is 1.68. The van der Waals surface area contributed by atoms with Gasteiger partial charge in [0.15, 0.2) is 5.15 Å². The predicted molar refractivity (Wildman–Crippen MR) is 58.0 cm³/mol. The number of halogens is 2. The average molecular weight is 236 g/mol. The molecule has 0 saturated heterocycles. The predicted octanol–water partition coefficient (Wildman–Crippen LogP) is 2.84. The van der Waals surface area contributed by atoms with E-state index in [1.54, 1.807) is 19.2 Å². The Hall–Kier alpha value is -1.86. The van der Waals surface area contributed by atoms with Gasteiger partial charge in [0.1, 0.15) is 5.82 Å². The number of nitriles is 1. The molecule has 0 fully saturated rings. The average Bonchev–Trinajstić information content (AvgIpc) is 2.58. The second-order valence-corrected chi connectivity index (χ2v) is 3.72. The number of aryl methyl sites for hydroxylation is 1. The van der Waals surface area contributed by atoms with Crippen LogP contribution in [0.3, 0.4) is 0 Å². The first-order valence-electron chi connectivity index (χ1n) is 4.53. The normalized spacial score (nSPS) is 10.1. The molecule has 0 aliphatic carbocycles. The summed E-state index contributed by atoms with van der Waals surface area (Å²) < 4.78 is 14.6. The van der Waals surface area contributed by atoms with Crippen molar-refractivity contribution < 1.29 is 4.39 Å². The molecule has 0 aliphatic rings. The molecular weight excluding hydrogens is 229 g/mol. The highest BCUT2D eigenvalue weighted by Crippen LogP contribution is 2.17. The first kappa shape index (κ1) is 10.7. The molecule has 2 rings (SSSR count). The van der Waals surface area contributed by atoms with Crippen LogP contribution in [-0.4, -0.2) is 9.78 Å². The van der Waals surface area contributed by atoms with Crippen molar-refractivity contribution >= 4 is 11.6 Å². The lowest BCUT2D eigenvalue weighted by Gasteiger charge is -2.01. The van der Waals surface area contributed by atoms with Gasteiger partial charge in [-0.1, -0.05) is 11.6 Å². The van der Waals surface area contributed by atoms with Gasteiger partial charge < -0.3 is 0 Å². The van der Waals surface area contributed by atoms with Crippen molar-refractivity contribution in [1.29, 1.82) is 5.26 Å². The van der Waals surface area contributed by atoms with Gasteiger partial charge in [0, 0.05) is 11.8 Å². The first-order valence-corrected chi connectivity index (χ1v) is 4.91. The number of benzene rings is 1. The van der Waals surface area contributed by atoms with Gasteiger partial charge in [-0.15, -0.1) is 0 Å². The molecule has 1 aromatic carbocycles. The molecule has 16 heavy (non-hydrogen) atoms. The van der Waals surface area contributed by atoms with E-state index in [4.69, 9.17) is 16.9 Å². The van der Waals surface area contributed by atoms with Crippen molar-refractivity contribution in [2.24, 2.45) is 0 Å². The lowest BCUT2D eigenvalue weighted by atomic mass is 10.2. The van der Waals surface area contributed by atoms with Gasteiger partial charge >= 0.3 is 0 Å². The summed E-state index contributed by atoms with van der Waals surface area (Å²) in [5, 5.41) is 13.1. The highest BCUT2D eigenvalue weighted by molar-refractivity contribution is 6.30. The fraction of sp³-hybridized carbons (Fsp3) is 0.0909. The van der Waals surface area contributed by atoms with Gasteiger partial charge in [-0.2, -0.15) is 10.4 Å². The second kappa shape index (κ2) is 3.95. The van der Waals surface area contributed by atoms with Crippen molar-refractivity contribution in [2.75, 3.05) is 0 Å². The van der Waals surface area contributed by atoms with Gasteiger partial charge in [0.25, 0.3) is 0 Å². The van der Waals surface area contributed by atoms with Crippen LogP contribution in [0.5, 0.6) is 0 Å². The van der Waals surface area contributed by atoms with Crippen molar-refractivity contribution in [3.05, 3.63) is 46.5 Å². The molecule has 3 nitrogen and oxygen atoms in total. The smallest absolute Gasteiger partial charge is 0.154 e. The van der Waals surface area contributed by atoms with E-state index in [2.05, 4.69) is 5.10 Å². The fourth-order valence-corrected chi connectivity index (χ4v) is 1.47. The molecule has 0 amide bonds. The molecular formula is C11H7ClFN3. The Bertz CT molecular complexity index is 564. The number of nitrogens with zero attached hydrogens (tertiary/aromatic N) is 3. The minimum atomic E-state index is -0.474. The number of rotatable bonds is 1. The zero-order valence-electron chi connectivity index (χ0n) is 8.41. The molecule has 0 atom stereocenters. The van der Waals surface area contributed by atoms with Crippen LogP contribution < -0.4 is 0 Å². The van der Waals surface area contributed by atoms with Gasteiger partial charge in [-0.3, -0.25) is 0 Å². The van der Waals surface area contributed by atoms with Gasteiger partial charge in [-0.25, -0.2) is 9.07 Å². The van der Waals surface area contributed by atoms with Crippen LogP contribution in [0.4, 0.5) is 4.39 Å². The van der Waals surface area contributed by atoms with Gasteiger partial charge in [0.2, 0.25) is 0 Å². The SMILES string of the molecule is Cc1cn(-c2cc(F)cc(C#N)c2)nc1Cl. The maximum absolute atomic E-state index is 13.2. The zero-order valence-corrected chi connectivity index (χ0v) is 9.16. The van der Waals surface area contributed by atoms with E-state index in [9.17, 15) is 4.39 Å². The molecule has 80 valence electrons.